The van der Waals surface area contributed by atoms with Gasteiger partial charge in [-0.15, -0.1) is 22.1 Å². The van der Waals surface area contributed by atoms with Gasteiger partial charge in [-0.3, -0.25) is 0 Å². The van der Waals surface area contributed by atoms with Crippen LogP contribution in [-0.2, 0) is 21.1 Å². The van der Waals surface area contributed by atoms with Crippen molar-refractivity contribution in [1.82, 2.24) is 19.9 Å². The van der Waals surface area contributed by atoms with Crippen molar-refractivity contribution in [3.8, 4) is 44.5 Å². The van der Waals surface area contributed by atoms with Crippen LogP contribution in [0.4, 0.5) is 34.5 Å². The predicted octanol–water partition coefficient (Wildman–Crippen LogP) is 13.2. The van der Waals surface area contributed by atoms with Crippen molar-refractivity contribution in [3.63, 3.8) is 0 Å². The molecule has 0 unspecified atom stereocenters. The molecular formula is C44H28B2F8N4Pt. The summed E-state index contributed by atoms with van der Waals surface area (Å²) in [6, 6.07) is 50.0. The number of fused-ring (bicyclic) bond motifs is 8. The fourth-order valence-electron chi connectivity index (χ4n) is 6.69. The Hall–Kier alpha value is -6.26. The molecule has 2 aliphatic heterocycles. The van der Waals surface area contributed by atoms with Crippen molar-refractivity contribution < 1.29 is 55.6 Å². The van der Waals surface area contributed by atoms with Crippen molar-refractivity contribution in [2.24, 2.45) is 0 Å². The van der Waals surface area contributed by atoms with E-state index >= 15 is 0 Å². The second-order valence-electron chi connectivity index (χ2n) is 12.8. The quantitative estimate of drug-likeness (QED) is 0.130. The zero-order chi connectivity index (χ0) is 40.9. The molecule has 15 heteroatoms. The Labute approximate surface area is 347 Å². The normalized spacial score (nSPS) is 11.8. The molecule has 59 heavy (non-hydrogen) atoms. The Bertz CT molecular complexity index is 2400. The van der Waals surface area contributed by atoms with Gasteiger partial charge in [-0.25, -0.2) is 9.97 Å². The SMILES string of the molecule is C1=Cc2nc1c(-c1ccccc1)c1ccc([n-]1)c(-c1ccccc1)c1nc(c(-c3ccccc3)c3ccc([n-]3)c2-c2ccccc2)C=C1.F[B-](F)(F)F.F[B-](F)(F)F.[Pt+4]. The first-order valence-corrected chi connectivity index (χ1v) is 17.8. The largest absolute Gasteiger partial charge is 4.00 e. The van der Waals surface area contributed by atoms with Gasteiger partial charge in [0.1, 0.15) is 0 Å². The molecule has 296 valence electrons. The molecule has 0 fully saturated rings. The third-order valence-corrected chi connectivity index (χ3v) is 8.86. The summed E-state index contributed by atoms with van der Waals surface area (Å²) in [4.78, 5) is 21.2. The van der Waals surface area contributed by atoms with Crippen molar-refractivity contribution >= 4 is 60.9 Å². The van der Waals surface area contributed by atoms with Crippen molar-refractivity contribution in [2.75, 3.05) is 0 Å². The minimum absolute atomic E-state index is 0. The van der Waals surface area contributed by atoms with Gasteiger partial charge in [0.05, 0.1) is 22.8 Å². The number of hydrogen-bond donors (Lipinski definition) is 0. The fourth-order valence-corrected chi connectivity index (χ4v) is 6.69. The average Bonchev–Trinajstić information content (AvgIpc) is 4.03. The van der Waals surface area contributed by atoms with Crippen LogP contribution in [0.5, 0.6) is 0 Å². The molecule has 3 aromatic heterocycles. The standard InChI is InChI=1S/C44H28N4.2BF4.Pt/c1-5-13-29(14-6-1)41-33-21-23-35(45-33)42(30-15-7-2-8-16-30)37-25-27-39(47-37)44(32-19-11-4-12-20-32)40-28-26-38(48-40)43(31-17-9-3-10-18-31)36-24-22-34(41)46-36;2*2-1(3,4)5;/h1-28H;;;/q-2;2*-1;+4. The van der Waals surface area contributed by atoms with E-state index in [1.807, 2.05) is 24.3 Å². The number of hydrogen-bond acceptors (Lipinski definition) is 2. The summed E-state index contributed by atoms with van der Waals surface area (Å²) in [6.45, 7) is 0. The summed E-state index contributed by atoms with van der Waals surface area (Å²) in [5.41, 5.74) is 15.0. The Morgan fingerprint density at radius 2 is 0.492 bits per heavy atom. The monoisotopic (exact) mass is 981 g/mol. The maximum absolute atomic E-state index is 9.75. The molecule has 7 aromatic rings. The molecular weight excluding hydrogens is 953 g/mol. The van der Waals surface area contributed by atoms with E-state index in [1.54, 1.807) is 0 Å². The third kappa shape index (κ3) is 10.6. The molecule has 0 saturated carbocycles. The number of benzene rings is 4. The van der Waals surface area contributed by atoms with E-state index in [1.165, 1.54) is 0 Å². The summed E-state index contributed by atoms with van der Waals surface area (Å²) in [6.07, 6.45) is 8.41. The molecule has 9 rings (SSSR count). The van der Waals surface area contributed by atoms with Gasteiger partial charge < -0.3 is 44.5 Å². The fraction of sp³-hybridized carbons (Fsp3) is 0. The van der Waals surface area contributed by atoms with Crippen LogP contribution >= 0.6 is 0 Å². The first-order chi connectivity index (χ1) is 27.8. The first-order valence-electron chi connectivity index (χ1n) is 17.8. The Balaban J connectivity index is 0.000000479. The molecule has 0 atom stereocenters. The molecule has 2 aliphatic rings. The maximum Gasteiger partial charge on any atom is 4.00 e. The zero-order valence-electron chi connectivity index (χ0n) is 30.4. The van der Waals surface area contributed by atoms with Crippen LogP contribution in [0.25, 0.3) is 90.9 Å². The Kier molecular flexibility index (Phi) is 13.0. The van der Waals surface area contributed by atoms with Gasteiger partial charge >= 0.3 is 35.6 Å². The van der Waals surface area contributed by atoms with Crippen molar-refractivity contribution in [1.29, 1.82) is 0 Å². The van der Waals surface area contributed by atoms with E-state index in [4.69, 9.17) is 19.9 Å². The van der Waals surface area contributed by atoms with Crippen LogP contribution < -0.4 is 9.97 Å². The van der Waals surface area contributed by atoms with Crippen LogP contribution in [0.3, 0.4) is 0 Å². The molecule has 4 nitrogen and oxygen atoms in total. The van der Waals surface area contributed by atoms with Gasteiger partial charge in [0.25, 0.3) is 0 Å². The van der Waals surface area contributed by atoms with E-state index < -0.39 is 14.5 Å². The smallest absolute Gasteiger partial charge is 0.657 e. The minimum atomic E-state index is -6.00. The summed E-state index contributed by atoms with van der Waals surface area (Å²) >= 11 is 0. The van der Waals surface area contributed by atoms with Crippen LogP contribution in [0, 0.1) is 0 Å². The molecule has 4 aromatic carbocycles. The van der Waals surface area contributed by atoms with Crippen molar-refractivity contribution in [2.45, 2.75) is 0 Å². The summed E-state index contributed by atoms with van der Waals surface area (Å²) in [5, 5.41) is 0. The van der Waals surface area contributed by atoms with E-state index in [-0.39, 0.29) is 21.1 Å². The van der Waals surface area contributed by atoms with E-state index in [9.17, 15) is 34.5 Å². The summed E-state index contributed by atoms with van der Waals surface area (Å²) < 4.78 is 78.0. The van der Waals surface area contributed by atoms with Crippen LogP contribution in [0.1, 0.15) is 22.8 Å². The molecule has 0 spiro atoms. The van der Waals surface area contributed by atoms with Gasteiger partial charge in [-0.05, 0) is 68.8 Å². The van der Waals surface area contributed by atoms with E-state index in [2.05, 4.69) is 146 Å². The molecule has 0 N–H and O–H groups in total. The molecule has 0 aliphatic carbocycles. The van der Waals surface area contributed by atoms with Gasteiger partial charge in [0, 0.05) is 0 Å². The minimum Gasteiger partial charge on any atom is -0.657 e. The topological polar surface area (TPSA) is 54.0 Å². The Morgan fingerprint density at radius 3 is 0.678 bits per heavy atom. The van der Waals surface area contributed by atoms with Crippen LogP contribution in [0.2, 0.25) is 0 Å². The number of halogens is 8. The van der Waals surface area contributed by atoms with Gasteiger partial charge in [-0.2, -0.15) is 0 Å². The van der Waals surface area contributed by atoms with Crippen molar-refractivity contribution in [3.05, 3.63) is 168 Å². The molecule has 0 saturated heterocycles. The molecule has 5 heterocycles. The van der Waals surface area contributed by atoms with Crippen LogP contribution in [-0.4, -0.2) is 24.5 Å². The second kappa shape index (κ2) is 18.1. The predicted molar refractivity (Wildman–Crippen MR) is 219 cm³/mol. The number of nitrogens with zero attached hydrogens (tertiary/aromatic N) is 4. The van der Waals surface area contributed by atoms with Gasteiger partial charge in [0.2, 0.25) is 0 Å². The molecule has 0 amide bonds. The van der Waals surface area contributed by atoms with Gasteiger partial charge in [-0.1, -0.05) is 146 Å². The van der Waals surface area contributed by atoms with Crippen LogP contribution in [0.15, 0.2) is 146 Å². The summed E-state index contributed by atoms with van der Waals surface area (Å²) in [5.74, 6) is 0. The first kappa shape index (κ1) is 42.3. The maximum atomic E-state index is 9.75. The number of rotatable bonds is 4. The summed E-state index contributed by atoms with van der Waals surface area (Å²) in [7, 11) is -12.0. The Morgan fingerprint density at radius 1 is 0.305 bits per heavy atom. The van der Waals surface area contributed by atoms with E-state index in [0.717, 1.165) is 89.4 Å². The van der Waals surface area contributed by atoms with E-state index in [0.29, 0.717) is 0 Å². The molecule has 8 bridgehead atoms. The third-order valence-electron chi connectivity index (χ3n) is 8.86. The van der Waals surface area contributed by atoms with Gasteiger partial charge in [0.15, 0.2) is 0 Å². The zero-order valence-corrected chi connectivity index (χ0v) is 32.7. The average molecular weight is 981 g/mol. The second-order valence-corrected chi connectivity index (χ2v) is 12.8. The molecule has 0 radical (unpaired) electrons. The number of aromatic nitrogens is 4.